The molecule has 1 atom stereocenters. The Bertz CT molecular complexity index is 328. The number of hydrogen-bond acceptors (Lipinski definition) is 4. The van der Waals surface area contributed by atoms with Gasteiger partial charge in [0.15, 0.2) is 0 Å². The number of ether oxygens (including phenoxy) is 1. The van der Waals surface area contributed by atoms with Crippen molar-refractivity contribution in [2.75, 3.05) is 25.6 Å². The minimum Gasteiger partial charge on any atom is -0.369 e. The van der Waals surface area contributed by atoms with E-state index in [1.165, 1.54) is 0 Å². The molecule has 0 N–H and O–H groups in total. The molecule has 0 saturated carbocycles. The van der Waals surface area contributed by atoms with Gasteiger partial charge in [0.25, 0.3) is 0 Å². The maximum Gasteiger partial charge on any atom is 0.224 e. The third kappa shape index (κ3) is 2.29. The van der Waals surface area contributed by atoms with Crippen LogP contribution in [-0.4, -0.2) is 36.8 Å². The van der Waals surface area contributed by atoms with Gasteiger partial charge in [0.05, 0.1) is 12.7 Å². The van der Waals surface area contributed by atoms with Gasteiger partial charge >= 0.3 is 0 Å². The SMILES string of the molecule is CN(C)c1ncc(/C=C/C2CO2)cn1. The molecule has 1 aliphatic heterocycles. The monoisotopic (exact) mass is 191 g/mol. The summed E-state index contributed by atoms with van der Waals surface area (Å²) in [5.74, 6) is 0.727. The minimum atomic E-state index is 0.309. The van der Waals surface area contributed by atoms with E-state index in [9.17, 15) is 0 Å². The Morgan fingerprint density at radius 2 is 2.07 bits per heavy atom. The molecule has 1 aromatic heterocycles. The summed E-state index contributed by atoms with van der Waals surface area (Å²) in [7, 11) is 3.84. The van der Waals surface area contributed by atoms with Gasteiger partial charge in [-0.2, -0.15) is 0 Å². The molecule has 1 fully saturated rings. The quantitative estimate of drug-likeness (QED) is 0.667. The van der Waals surface area contributed by atoms with Crippen LogP contribution in [0.5, 0.6) is 0 Å². The van der Waals surface area contributed by atoms with E-state index in [2.05, 4.69) is 9.97 Å². The number of hydrogen-bond donors (Lipinski definition) is 0. The number of aromatic nitrogens is 2. The van der Waals surface area contributed by atoms with Crippen LogP contribution < -0.4 is 4.90 Å². The summed E-state index contributed by atoms with van der Waals surface area (Å²) in [6, 6.07) is 0. The van der Waals surface area contributed by atoms with Crippen molar-refractivity contribution < 1.29 is 4.74 Å². The lowest BCUT2D eigenvalue weighted by Crippen LogP contribution is -2.12. The maximum atomic E-state index is 5.06. The van der Waals surface area contributed by atoms with Crippen molar-refractivity contribution in [2.45, 2.75) is 6.10 Å². The fourth-order valence-electron chi connectivity index (χ4n) is 1.03. The maximum absolute atomic E-state index is 5.06. The van der Waals surface area contributed by atoms with Gasteiger partial charge in [-0.25, -0.2) is 9.97 Å². The molecule has 1 saturated heterocycles. The molecule has 2 heterocycles. The summed E-state index contributed by atoms with van der Waals surface area (Å²) in [5.41, 5.74) is 1.01. The highest BCUT2D eigenvalue weighted by molar-refractivity contribution is 5.48. The molecule has 2 rings (SSSR count). The average Bonchev–Trinajstić information content (AvgIpc) is 2.99. The molecule has 74 valence electrons. The highest BCUT2D eigenvalue weighted by atomic mass is 16.6. The van der Waals surface area contributed by atoms with Crippen molar-refractivity contribution >= 4 is 12.0 Å². The van der Waals surface area contributed by atoms with E-state index in [4.69, 9.17) is 4.74 Å². The van der Waals surface area contributed by atoms with Gasteiger partial charge in [-0.1, -0.05) is 12.2 Å². The Morgan fingerprint density at radius 1 is 1.43 bits per heavy atom. The Kier molecular flexibility index (Phi) is 2.45. The fourth-order valence-corrected chi connectivity index (χ4v) is 1.03. The third-order valence-electron chi connectivity index (χ3n) is 1.92. The Labute approximate surface area is 83.2 Å². The molecular formula is C10H13N3O. The summed E-state index contributed by atoms with van der Waals surface area (Å²) in [6.07, 6.45) is 7.93. The highest BCUT2D eigenvalue weighted by Gasteiger charge is 2.17. The van der Waals surface area contributed by atoms with Crippen LogP contribution in [0.4, 0.5) is 5.95 Å². The lowest BCUT2D eigenvalue weighted by molar-refractivity contribution is 0.440. The van der Waals surface area contributed by atoms with Crippen LogP contribution in [0.15, 0.2) is 18.5 Å². The zero-order chi connectivity index (χ0) is 9.97. The first-order chi connectivity index (χ1) is 6.75. The van der Waals surface area contributed by atoms with E-state index in [0.717, 1.165) is 18.1 Å². The standard InChI is InChI=1S/C10H13N3O/c1-13(2)10-11-5-8(6-12-10)3-4-9-7-14-9/h3-6,9H,7H2,1-2H3/b4-3+. The van der Waals surface area contributed by atoms with E-state index in [1.807, 2.05) is 31.1 Å². The summed E-state index contributed by atoms with van der Waals surface area (Å²) in [5, 5.41) is 0. The topological polar surface area (TPSA) is 41.6 Å². The number of epoxide rings is 1. The largest absolute Gasteiger partial charge is 0.369 e. The first-order valence-electron chi connectivity index (χ1n) is 4.55. The average molecular weight is 191 g/mol. The van der Waals surface area contributed by atoms with Gasteiger partial charge in [0.1, 0.15) is 0 Å². The molecule has 0 bridgehead atoms. The van der Waals surface area contributed by atoms with Crippen molar-refractivity contribution in [3.05, 3.63) is 24.0 Å². The zero-order valence-corrected chi connectivity index (χ0v) is 8.34. The van der Waals surface area contributed by atoms with Crippen LogP contribution in [0.3, 0.4) is 0 Å². The Balaban J connectivity index is 2.05. The van der Waals surface area contributed by atoms with E-state index in [0.29, 0.717) is 6.10 Å². The zero-order valence-electron chi connectivity index (χ0n) is 8.34. The van der Waals surface area contributed by atoms with Gasteiger partial charge in [-0.15, -0.1) is 0 Å². The van der Waals surface area contributed by atoms with Crippen LogP contribution in [0.1, 0.15) is 5.56 Å². The van der Waals surface area contributed by atoms with Crippen molar-refractivity contribution in [1.29, 1.82) is 0 Å². The van der Waals surface area contributed by atoms with Gasteiger partial charge in [0, 0.05) is 32.1 Å². The minimum absolute atomic E-state index is 0.309. The number of anilines is 1. The van der Waals surface area contributed by atoms with Crippen molar-refractivity contribution in [1.82, 2.24) is 9.97 Å². The van der Waals surface area contributed by atoms with Crippen LogP contribution in [-0.2, 0) is 4.74 Å². The summed E-state index contributed by atoms with van der Waals surface area (Å²) in [4.78, 5) is 10.3. The van der Waals surface area contributed by atoms with E-state index >= 15 is 0 Å². The molecule has 1 unspecified atom stereocenters. The molecule has 0 aromatic carbocycles. The molecule has 1 aromatic rings. The molecule has 0 radical (unpaired) electrons. The van der Waals surface area contributed by atoms with E-state index in [1.54, 1.807) is 12.4 Å². The first-order valence-corrected chi connectivity index (χ1v) is 4.55. The molecule has 4 heteroatoms. The molecule has 0 amide bonds. The summed E-state index contributed by atoms with van der Waals surface area (Å²) >= 11 is 0. The smallest absolute Gasteiger partial charge is 0.224 e. The first kappa shape index (κ1) is 9.15. The lowest BCUT2D eigenvalue weighted by atomic mass is 10.3. The predicted octanol–water partition coefficient (Wildman–Crippen LogP) is 0.955. The van der Waals surface area contributed by atoms with Crippen LogP contribution in [0.25, 0.3) is 6.08 Å². The van der Waals surface area contributed by atoms with E-state index in [-0.39, 0.29) is 0 Å². The van der Waals surface area contributed by atoms with Crippen LogP contribution >= 0.6 is 0 Å². The van der Waals surface area contributed by atoms with Gasteiger partial charge in [0.2, 0.25) is 5.95 Å². The lowest BCUT2D eigenvalue weighted by Gasteiger charge is -2.08. The molecule has 1 aliphatic rings. The number of rotatable bonds is 3. The molecule has 0 spiro atoms. The summed E-state index contributed by atoms with van der Waals surface area (Å²) in [6.45, 7) is 0.840. The molecule has 0 aliphatic carbocycles. The van der Waals surface area contributed by atoms with Crippen molar-refractivity contribution in [3.8, 4) is 0 Å². The molecule has 14 heavy (non-hydrogen) atoms. The normalized spacial score (nSPS) is 20.0. The molecule has 4 nitrogen and oxygen atoms in total. The van der Waals surface area contributed by atoms with Gasteiger partial charge in [-0.05, 0) is 0 Å². The van der Waals surface area contributed by atoms with Crippen molar-refractivity contribution in [2.24, 2.45) is 0 Å². The van der Waals surface area contributed by atoms with Crippen molar-refractivity contribution in [3.63, 3.8) is 0 Å². The third-order valence-corrected chi connectivity index (χ3v) is 1.92. The number of nitrogens with zero attached hydrogens (tertiary/aromatic N) is 3. The van der Waals surface area contributed by atoms with Gasteiger partial charge < -0.3 is 9.64 Å². The Hall–Kier alpha value is -1.42. The second kappa shape index (κ2) is 3.75. The summed E-state index contributed by atoms with van der Waals surface area (Å²) < 4.78 is 5.06. The predicted molar refractivity (Wildman–Crippen MR) is 55.1 cm³/mol. The van der Waals surface area contributed by atoms with E-state index < -0.39 is 0 Å². The van der Waals surface area contributed by atoms with Gasteiger partial charge in [-0.3, -0.25) is 0 Å². The van der Waals surface area contributed by atoms with Crippen LogP contribution in [0.2, 0.25) is 0 Å². The molecular weight excluding hydrogens is 178 g/mol. The second-order valence-electron chi connectivity index (χ2n) is 3.44. The second-order valence-corrected chi connectivity index (χ2v) is 3.44. The highest BCUT2D eigenvalue weighted by Crippen LogP contribution is 2.12. The van der Waals surface area contributed by atoms with Crippen LogP contribution in [0, 0.1) is 0 Å². The fraction of sp³-hybridized carbons (Fsp3) is 0.400. The Morgan fingerprint density at radius 3 is 2.57 bits per heavy atom.